The Hall–Kier alpha value is -1.60. The molecule has 27 heavy (non-hydrogen) atoms. The van der Waals surface area contributed by atoms with E-state index in [2.05, 4.69) is 50.3 Å². The molecule has 2 rings (SSSR count). The summed E-state index contributed by atoms with van der Waals surface area (Å²) in [5.74, 6) is 1.49. The molecule has 152 valence electrons. The predicted octanol–water partition coefficient (Wildman–Crippen LogP) is 2.60. The number of thiophene rings is 1. The Balaban J connectivity index is 1.96. The van der Waals surface area contributed by atoms with Gasteiger partial charge in [0.2, 0.25) is 5.91 Å². The average Bonchev–Trinajstić information content (AvgIpc) is 3.20. The summed E-state index contributed by atoms with van der Waals surface area (Å²) in [6.45, 7) is 11.1. The van der Waals surface area contributed by atoms with Gasteiger partial charge < -0.3 is 16.0 Å². The largest absolute Gasteiger partial charge is 0.357 e. The Bertz CT molecular complexity index is 567. The molecular formula is C20H35N5OS. The maximum absolute atomic E-state index is 11.8. The molecule has 0 radical (unpaired) electrons. The molecular weight excluding hydrogens is 358 g/mol. The second kappa shape index (κ2) is 12.0. The van der Waals surface area contributed by atoms with Crippen molar-refractivity contribution in [3.8, 4) is 0 Å². The van der Waals surface area contributed by atoms with Crippen molar-refractivity contribution in [2.75, 3.05) is 39.3 Å². The van der Waals surface area contributed by atoms with E-state index in [-0.39, 0.29) is 12.5 Å². The van der Waals surface area contributed by atoms with Crippen LogP contribution in [0.2, 0.25) is 0 Å². The predicted molar refractivity (Wildman–Crippen MR) is 114 cm³/mol. The molecule has 0 aliphatic carbocycles. The fraction of sp³-hybridized carbons (Fsp3) is 0.700. The van der Waals surface area contributed by atoms with E-state index < -0.39 is 0 Å². The zero-order chi connectivity index (χ0) is 19.5. The smallest absolute Gasteiger partial charge is 0.241 e. The monoisotopic (exact) mass is 393 g/mol. The number of carbonyl (C=O) groups is 1. The Morgan fingerprint density at radius 3 is 2.70 bits per heavy atom. The second-order valence-corrected chi connectivity index (χ2v) is 8.15. The molecule has 1 aliphatic rings. The summed E-state index contributed by atoms with van der Waals surface area (Å²) in [6.07, 6.45) is 3.45. The van der Waals surface area contributed by atoms with E-state index in [1.54, 1.807) is 0 Å². The molecule has 1 aliphatic heterocycles. The van der Waals surface area contributed by atoms with Crippen LogP contribution in [0.1, 0.15) is 51.0 Å². The van der Waals surface area contributed by atoms with Crippen LogP contribution in [0.3, 0.4) is 0 Å². The first-order valence-electron chi connectivity index (χ1n) is 10.2. The van der Waals surface area contributed by atoms with Gasteiger partial charge in [0.25, 0.3) is 0 Å². The van der Waals surface area contributed by atoms with Crippen LogP contribution < -0.4 is 16.0 Å². The number of rotatable bonds is 9. The number of likely N-dealkylation sites (tertiary alicyclic amines) is 1. The van der Waals surface area contributed by atoms with Gasteiger partial charge >= 0.3 is 0 Å². The van der Waals surface area contributed by atoms with Crippen LogP contribution >= 0.6 is 11.3 Å². The standard InChI is InChI=1S/C20H35N5OS/c1-4-10-22-19(26)15-24-20(21-5-2)23-14-17(18-7-6-13-27-18)25-11-8-16(3)9-12-25/h6-7,13,16-17H,4-5,8-12,14-15H2,1-3H3,(H,22,26)(H2,21,23,24). The van der Waals surface area contributed by atoms with Crippen LogP contribution in [0, 0.1) is 5.92 Å². The molecule has 1 aromatic heterocycles. The van der Waals surface area contributed by atoms with Gasteiger partial charge in [0.1, 0.15) is 6.54 Å². The zero-order valence-electron chi connectivity index (χ0n) is 17.0. The van der Waals surface area contributed by atoms with E-state index in [4.69, 9.17) is 0 Å². The lowest BCUT2D eigenvalue weighted by Gasteiger charge is -2.36. The third-order valence-corrected chi connectivity index (χ3v) is 5.86. The molecule has 0 bridgehead atoms. The van der Waals surface area contributed by atoms with Crippen molar-refractivity contribution in [2.24, 2.45) is 10.9 Å². The number of carbonyl (C=O) groups excluding carboxylic acids is 1. The molecule has 2 heterocycles. The van der Waals surface area contributed by atoms with Gasteiger partial charge in [-0.3, -0.25) is 9.69 Å². The maximum atomic E-state index is 11.8. The summed E-state index contributed by atoms with van der Waals surface area (Å²) < 4.78 is 0. The van der Waals surface area contributed by atoms with Crippen LogP contribution in [0.5, 0.6) is 0 Å². The number of nitrogens with one attached hydrogen (secondary N) is 3. The minimum Gasteiger partial charge on any atom is -0.357 e. The first-order valence-corrected chi connectivity index (χ1v) is 11.1. The highest BCUT2D eigenvalue weighted by Crippen LogP contribution is 2.28. The minimum atomic E-state index is -0.0334. The van der Waals surface area contributed by atoms with Gasteiger partial charge in [-0.1, -0.05) is 19.9 Å². The van der Waals surface area contributed by atoms with Gasteiger partial charge in [0.15, 0.2) is 5.96 Å². The van der Waals surface area contributed by atoms with Crippen LogP contribution in [-0.4, -0.2) is 56.0 Å². The zero-order valence-corrected chi connectivity index (χ0v) is 17.8. The van der Waals surface area contributed by atoms with Crippen molar-refractivity contribution >= 4 is 23.2 Å². The second-order valence-electron chi connectivity index (χ2n) is 7.18. The molecule has 0 aromatic carbocycles. The Morgan fingerprint density at radius 2 is 2.07 bits per heavy atom. The molecule has 1 fully saturated rings. The fourth-order valence-corrected chi connectivity index (χ4v) is 4.10. The summed E-state index contributed by atoms with van der Waals surface area (Å²) in [5.41, 5.74) is 0. The topological polar surface area (TPSA) is 68.8 Å². The minimum absolute atomic E-state index is 0.0334. The van der Waals surface area contributed by atoms with E-state index in [1.165, 1.54) is 17.7 Å². The summed E-state index contributed by atoms with van der Waals surface area (Å²) in [6, 6.07) is 4.68. The van der Waals surface area contributed by atoms with Crippen LogP contribution in [0.15, 0.2) is 22.5 Å². The summed E-state index contributed by atoms with van der Waals surface area (Å²) in [4.78, 5) is 20.2. The summed E-state index contributed by atoms with van der Waals surface area (Å²) in [5, 5.41) is 11.7. The van der Waals surface area contributed by atoms with Gasteiger partial charge in [-0.15, -0.1) is 11.3 Å². The van der Waals surface area contributed by atoms with Gasteiger partial charge in [-0.25, -0.2) is 4.99 Å². The molecule has 1 saturated heterocycles. The van der Waals surface area contributed by atoms with Crippen molar-refractivity contribution in [3.05, 3.63) is 22.4 Å². The first-order chi connectivity index (χ1) is 13.1. The lowest BCUT2D eigenvalue weighted by Crippen LogP contribution is -2.45. The highest BCUT2D eigenvalue weighted by molar-refractivity contribution is 7.10. The van der Waals surface area contributed by atoms with E-state index in [0.717, 1.165) is 38.5 Å². The van der Waals surface area contributed by atoms with Crippen LogP contribution in [-0.2, 0) is 4.79 Å². The lowest BCUT2D eigenvalue weighted by molar-refractivity contribution is -0.119. The molecule has 3 N–H and O–H groups in total. The SMILES string of the molecule is CCCNC(=O)CN=C(NCC)NCC(c1cccs1)N1CCC(C)CC1. The molecule has 0 saturated carbocycles. The van der Waals surface area contributed by atoms with Crippen molar-refractivity contribution < 1.29 is 4.79 Å². The van der Waals surface area contributed by atoms with Crippen molar-refractivity contribution in [2.45, 2.75) is 46.1 Å². The summed E-state index contributed by atoms with van der Waals surface area (Å²) >= 11 is 1.81. The third-order valence-electron chi connectivity index (χ3n) is 4.89. The Morgan fingerprint density at radius 1 is 1.30 bits per heavy atom. The van der Waals surface area contributed by atoms with Crippen molar-refractivity contribution in [1.29, 1.82) is 0 Å². The Kier molecular flexibility index (Phi) is 9.62. The average molecular weight is 394 g/mol. The third kappa shape index (κ3) is 7.50. The van der Waals surface area contributed by atoms with Gasteiger partial charge in [-0.2, -0.15) is 0 Å². The number of amides is 1. The quantitative estimate of drug-likeness (QED) is 0.446. The van der Waals surface area contributed by atoms with Crippen molar-refractivity contribution in [1.82, 2.24) is 20.9 Å². The molecule has 1 aromatic rings. The maximum Gasteiger partial charge on any atom is 0.241 e. The molecule has 6 nitrogen and oxygen atoms in total. The lowest BCUT2D eigenvalue weighted by atomic mass is 9.97. The van der Waals surface area contributed by atoms with Gasteiger partial charge in [0.05, 0.1) is 6.04 Å². The normalized spacial score (nSPS) is 17.5. The molecule has 1 unspecified atom stereocenters. The summed E-state index contributed by atoms with van der Waals surface area (Å²) in [7, 11) is 0. The van der Waals surface area contributed by atoms with E-state index in [1.807, 2.05) is 25.2 Å². The Labute approximate surface area is 167 Å². The number of guanidine groups is 1. The number of hydrogen-bond acceptors (Lipinski definition) is 4. The highest BCUT2D eigenvalue weighted by Gasteiger charge is 2.25. The van der Waals surface area contributed by atoms with Crippen LogP contribution in [0.4, 0.5) is 0 Å². The fourth-order valence-electron chi connectivity index (χ4n) is 3.24. The molecule has 7 heteroatoms. The van der Waals surface area contributed by atoms with Crippen LogP contribution in [0.25, 0.3) is 0 Å². The molecule has 1 amide bonds. The van der Waals surface area contributed by atoms with Gasteiger partial charge in [0, 0.05) is 24.5 Å². The van der Waals surface area contributed by atoms with E-state index in [0.29, 0.717) is 18.5 Å². The highest BCUT2D eigenvalue weighted by atomic mass is 32.1. The van der Waals surface area contributed by atoms with Gasteiger partial charge in [-0.05, 0) is 56.6 Å². The van der Waals surface area contributed by atoms with E-state index in [9.17, 15) is 4.79 Å². The number of hydrogen-bond donors (Lipinski definition) is 3. The number of piperidine rings is 1. The first kappa shape index (κ1) is 21.7. The number of nitrogens with zero attached hydrogens (tertiary/aromatic N) is 2. The number of aliphatic imine (C=N–C) groups is 1. The molecule has 0 spiro atoms. The van der Waals surface area contributed by atoms with Crippen molar-refractivity contribution in [3.63, 3.8) is 0 Å². The van der Waals surface area contributed by atoms with E-state index >= 15 is 0 Å². The molecule has 1 atom stereocenters.